The molecule has 0 spiro atoms. The maximum Gasteiger partial charge on any atom is 0.257 e. The van der Waals surface area contributed by atoms with Crippen LogP contribution in [0.5, 0.6) is 0 Å². The summed E-state index contributed by atoms with van der Waals surface area (Å²) in [5, 5.41) is 2.95. The molecule has 0 aliphatic heterocycles. The van der Waals surface area contributed by atoms with Gasteiger partial charge in [-0.15, -0.1) is 0 Å². The van der Waals surface area contributed by atoms with Crippen LogP contribution in [-0.4, -0.2) is 20.4 Å². The van der Waals surface area contributed by atoms with Gasteiger partial charge in [0.25, 0.3) is 5.91 Å². The standard InChI is InChI=1S/C21H20N4O2/c1-13-10-18(14(2)25(13)12-17-6-4-5-9-22-17)21(26)24-16-7-8-19-20(11-16)27-15(3)23-19/h4-11H,12H2,1-3H3,(H,24,26). The first-order chi connectivity index (χ1) is 13.0. The van der Waals surface area contributed by atoms with Gasteiger partial charge in [-0.3, -0.25) is 9.78 Å². The molecule has 27 heavy (non-hydrogen) atoms. The van der Waals surface area contributed by atoms with Crippen molar-refractivity contribution >= 4 is 22.7 Å². The fourth-order valence-corrected chi connectivity index (χ4v) is 3.24. The number of oxazole rings is 1. The molecule has 0 aliphatic carbocycles. The second-order valence-corrected chi connectivity index (χ2v) is 6.56. The third-order valence-electron chi connectivity index (χ3n) is 4.62. The summed E-state index contributed by atoms with van der Waals surface area (Å²) in [6.45, 7) is 6.38. The highest BCUT2D eigenvalue weighted by Crippen LogP contribution is 2.22. The SMILES string of the molecule is Cc1nc2ccc(NC(=O)c3cc(C)n(Cc4ccccn4)c3C)cc2o1. The van der Waals surface area contributed by atoms with Crippen molar-refractivity contribution in [3.05, 3.63) is 77.2 Å². The van der Waals surface area contributed by atoms with E-state index in [4.69, 9.17) is 4.42 Å². The molecule has 3 aromatic heterocycles. The normalized spacial score (nSPS) is 11.1. The van der Waals surface area contributed by atoms with Crippen LogP contribution >= 0.6 is 0 Å². The smallest absolute Gasteiger partial charge is 0.257 e. The second-order valence-electron chi connectivity index (χ2n) is 6.56. The molecule has 0 aliphatic rings. The Balaban J connectivity index is 1.58. The Kier molecular flexibility index (Phi) is 4.24. The van der Waals surface area contributed by atoms with Gasteiger partial charge in [-0.2, -0.15) is 0 Å². The van der Waals surface area contributed by atoms with Gasteiger partial charge in [0.15, 0.2) is 11.5 Å². The Morgan fingerprint density at radius 3 is 2.78 bits per heavy atom. The number of pyridine rings is 1. The number of anilines is 1. The van der Waals surface area contributed by atoms with Gasteiger partial charge < -0.3 is 14.3 Å². The summed E-state index contributed by atoms with van der Waals surface area (Å²) in [6, 6.07) is 13.2. The average Bonchev–Trinajstić information content (AvgIpc) is 3.15. The fraction of sp³-hybridized carbons (Fsp3) is 0.190. The zero-order valence-electron chi connectivity index (χ0n) is 15.5. The van der Waals surface area contributed by atoms with Crippen LogP contribution in [0, 0.1) is 20.8 Å². The Morgan fingerprint density at radius 1 is 1.15 bits per heavy atom. The van der Waals surface area contributed by atoms with E-state index in [1.807, 2.05) is 50.2 Å². The number of hydrogen-bond donors (Lipinski definition) is 1. The third kappa shape index (κ3) is 3.33. The van der Waals surface area contributed by atoms with Crippen molar-refractivity contribution < 1.29 is 9.21 Å². The number of nitrogens with zero attached hydrogens (tertiary/aromatic N) is 3. The molecule has 6 nitrogen and oxygen atoms in total. The van der Waals surface area contributed by atoms with E-state index < -0.39 is 0 Å². The van der Waals surface area contributed by atoms with Gasteiger partial charge in [-0.05, 0) is 44.2 Å². The van der Waals surface area contributed by atoms with Crippen molar-refractivity contribution in [1.82, 2.24) is 14.5 Å². The lowest BCUT2D eigenvalue weighted by atomic mass is 10.2. The minimum atomic E-state index is -0.147. The highest BCUT2D eigenvalue weighted by molar-refractivity contribution is 6.05. The van der Waals surface area contributed by atoms with E-state index in [1.54, 1.807) is 19.2 Å². The van der Waals surface area contributed by atoms with Crippen molar-refractivity contribution in [3.8, 4) is 0 Å². The number of aryl methyl sites for hydroxylation is 2. The summed E-state index contributed by atoms with van der Waals surface area (Å²) in [7, 11) is 0. The van der Waals surface area contributed by atoms with Crippen LogP contribution in [0.4, 0.5) is 5.69 Å². The summed E-state index contributed by atoms with van der Waals surface area (Å²) in [6.07, 6.45) is 1.78. The Hall–Kier alpha value is -3.41. The van der Waals surface area contributed by atoms with Crippen molar-refractivity contribution in [1.29, 1.82) is 0 Å². The van der Waals surface area contributed by atoms with E-state index in [0.29, 0.717) is 29.3 Å². The minimum Gasteiger partial charge on any atom is -0.441 e. The molecule has 4 rings (SSSR count). The molecule has 0 saturated heterocycles. The maximum atomic E-state index is 12.8. The number of nitrogens with one attached hydrogen (secondary N) is 1. The summed E-state index contributed by atoms with van der Waals surface area (Å²) in [5.74, 6) is 0.456. The molecular weight excluding hydrogens is 340 g/mol. The number of hydrogen-bond acceptors (Lipinski definition) is 4. The molecule has 0 atom stereocenters. The number of amides is 1. The van der Waals surface area contributed by atoms with Crippen LogP contribution in [0.15, 0.2) is 53.1 Å². The summed E-state index contributed by atoms with van der Waals surface area (Å²) in [4.78, 5) is 21.5. The fourth-order valence-electron chi connectivity index (χ4n) is 3.24. The molecule has 0 fully saturated rings. The molecule has 1 N–H and O–H groups in total. The van der Waals surface area contributed by atoms with Gasteiger partial charge in [0.05, 0.1) is 17.8 Å². The second kappa shape index (κ2) is 6.72. The Labute approximate surface area is 156 Å². The van der Waals surface area contributed by atoms with E-state index >= 15 is 0 Å². The van der Waals surface area contributed by atoms with Crippen molar-refractivity contribution in [2.45, 2.75) is 27.3 Å². The van der Waals surface area contributed by atoms with Gasteiger partial charge in [0.2, 0.25) is 0 Å². The monoisotopic (exact) mass is 360 g/mol. The number of carbonyl (C=O) groups excluding carboxylic acids is 1. The van der Waals surface area contributed by atoms with Gasteiger partial charge in [-0.1, -0.05) is 6.07 Å². The van der Waals surface area contributed by atoms with Crippen LogP contribution < -0.4 is 5.32 Å². The molecule has 0 radical (unpaired) electrons. The molecule has 4 aromatic rings. The summed E-state index contributed by atoms with van der Waals surface area (Å²) < 4.78 is 7.63. The number of benzene rings is 1. The lowest BCUT2D eigenvalue weighted by molar-refractivity contribution is 0.102. The van der Waals surface area contributed by atoms with E-state index in [-0.39, 0.29) is 5.91 Å². The van der Waals surface area contributed by atoms with Gasteiger partial charge in [0.1, 0.15) is 5.52 Å². The minimum absolute atomic E-state index is 0.147. The Morgan fingerprint density at radius 2 is 2.00 bits per heavy atom. The topological polar surface area (TPSA) is 73.0 Å². The molecule has 0 unspecified atom stereocenters. The van der Waals surface area contributed by atoms with E-state index in [2.05, 4.69) is 19.9 Å². The highest BCUT2D eigenvalue weighted by Gasteiger charge is 2.17. The summed E-state index contributed by atoms with van der Waals surface area (Å²) >= 11 is 0. The lowest BCUT2D eigenvalue weighted by Gasteiger charge is -2.09. The third-order valence-corrected chi connectivity index (χ3v) is 4.62. The molecule has 6 heteroatoms. The van der Waals surface area contributed by atoms with Crippen LogP contribution in [0.2, 0.25) is 0 Å². The number of carbonyl (C=O) groups is 1. The number of rotatable bonds is 4. The first kappa shape index (κ1) is 17.0. The maximum absolute atomic E-state index is 12.8. The quantitative estimate of drug-likeness (QED) is 0.590. The van der Waals surface area contributed by atoms with E-state index in [9.17, 15) is 4.79 Å². The number of aromatic nitrogens is 3. The average molecular weight is 360 g/mol. The lowest BCUT2D eigenvalue weighted by Crippen LogP contribution is -2.13. The molecule has 1 aromatic carbocycles. The van der Waals surface area contributed by atoms with Gasteiger partial charge >= 0.3 is 0 Å². The van der Waals surface area contributed by atoms with Gasteiger partial charge in [0, 0.05) is 36.3 Å². The van der Waals surface area contributed by atoms with Crippen molar-refractivity contribution in [2.75, 3.05) is 5.32 Å². The van der Waals surface area contributed by atoms with Crippen molar-refractivity contribution in [2.24, 2.45) is 0 Å². The zero-order chi connectivity index (χ0) is 19.0. The summed E-state index contributed by atoms with van der Waals surface area (Å²) in [5.41, 5.74) is 5.65. The molecule has 1 amide bonds. The molecule has 3 heterocycles. The van der Waals surface area contributed by atoms with Crippen LogP contribution in [0.25, 0.3) is 11.1 Å². The van der Waals surface area contributed by atoms with Crippen LogP contribution in [0.3, 0.4) is 0 Å². The zero-order valence-corrected chi connectivity index (χ0v) is 15.5. The number of fused-ring (bicyclic) bond motifs is 1. The van der Waals surface area contributed by atoms with E-state index in [1.165, 1.54) is 0 Å². The molecule has 0 bridgehead atoms. The molecule has 136 valence electrons. The van der Waals surface area contributed by atoms with Gasteiger partial charge in [-0.25, -0.2) is 4.98 Å². The predicted molar refractivity (Wildman–Crippen MR) is 104 cm³/mol. The highest BCUT2D eigenvalue weighted by atomic mass is 16.3. The van der Waals surface area contributed by atoms with Crippen molar-refractivity contribution in [3.63, 3.8) is 0 Å². The molecular formula is C21H20N4O2. The predicted octanol–water partition coefficient (Wildman–Crippen LogP) is 4.25. The van der Waals surface area contributed by atoms with Crippen LogP contribution in [0.1, 0.15) is 33.3 Å². The molecule has 0 saturated carbocycles. The van der Waals surface area contributed by atoms with E-state index in [0.717, 1.165) is 22.6 Å². The Bertz CT molecular complexity index is 1130. The first-order valence-electron chi connectivity index (χ1n) is 8.76. The van der Waals surface area contributed by atoms with Crippen LogP contribution in [-0.2, 0) is 6.54 Å². The largest absolute Gasteiger partial charge is 0.441 e. The first-order valence-corrected chi connectivity index (χ1v) is 8.76.